The van der Waals surface area contributed by atoms with Crippen LogP contribution in [0.25, 0.3) is 0 Å². The van der Waals surface area contributed by atoms with Gasteiger partial charge >= 0.3 is 11.9 Å². The fourth-order valence-corrected chi connectivity index (χ4v) is 1.29. The van der Waals surface area contributed by atoms with Crippen molar-refractivity contribution >= 4 is 11.9 Å². The van der Waals surface area contributed by atoms with E-state index in [1.54, 1.807) is 0 Å². The molecule has 0 aromatic carbocycles. The minimum Gasteiger partial charge on any atom is -0.478 e. The summed E-state index contributed by atoms with van der Waals surface area (Å²) in [6.07, 6.45) is 5.99. The van der Waals surface area contributed by atoms with E-state index in [0.717, 1.165) is 37.8 Å². The van der Waals surface area contributed by atoms with Crippen LogP contribution in [-0.4, -0.2) is 23.7 Å². The Balaban J connectivity index is 0. The predicted octanol–water partition coefficient (Wildman–Crippen LogP) is 2.38. The van der Waals surface area contributed by atoms with Crippen molar-refractivity contribution in [2.24, 2.45) is 5.92 Å². The van der Waals surface area contributed by atoms with Crippen molar-refractivity contribution in [3.05, 3.63) is 12.2 Å². The Hall–Kier alpha value is -0.697. The van der Waals surface area contributed by atoms with Gasteiger partial charge in [0.25, 0.3) is 0 Å². The minimum atomic E-state index is -1.14. The third-order valence-electron chi connectivity index (χ3n) is 2.37. The summed E-state index contributed by atoms with van der Waals surface area (Å²) in [5.41, 5.74) is 0. The molecule has 17 heavy (non-hydrogen) atoms. The molecule has 94 valence electrons. The summed E-state index contributed by atoms with van der Waals surface area (Å²) in [6.45, 7) is 4.55. The molecule has 0 saturated heterocycles. The average molecular weight is 294 g/mol. The molecule has 1 N–H and O–H groups in total. The van der Waals surface area contributed by atoms with Gasteiger partial charge in [0.15, 0.2) is 0 Å². The normalized spacial score (nSPS) is 11.9. The number of carboxylic acids is 1. The van der Waals surface area contributed by atoms with Crippen LogP contribution in [0.2, 0.25) is 0 Å². The van der Waals surface area contributed by atoms with Crippen LogP contribution in [0.4, 0.5) is 0 Å². The van der Waals surface area contributed by atoms with E-state index < -0.39 is 11.9 Å². The molecule has 0 aliphatic carbocycles. The van der Waals surface area contributed by atoms with Gasteiger partial charge in [-0.05, 0) is 12.3 Å². The van der Waals surface area contributed by atoms with Crippen LogP contribution >= 0.6 is 0 Å². The van der Waals surface area contributed by atoms with Gasteiger partial charge in [0.05, 0.1) is 6.61 Å². The van der Waals surface area contributed by atoms with Crippen molar-refractivity contribution in [3.63, 3.8) is 0 Å². The van der Waals surface area contributed by atoms with Gasteiger partial charge in [-0.2, -0.15) is 0 Å². The van der Waals surface area contributed by atoms with E-state index in [4.69, 9.17) is 9.84 Å². The number of hydrogen-bond donors (Lipinski definition) is 1. The maximum atomic E-state index is 11.1. The fraction of sp³-hybridized carbons (Fsp3) is 0.667. The number of esters is 1. The molecule has 0 saturated carbocycles. The molecule has 0 aliphatic rings. The van der Waals surface area contributed by atoms with Gasteiger partial charge in [0, 0.05) is 31.6 Å². The second kappa shape index (κ2) is 11.8. The Morgan fingerprint density at radius 3 is 2.41 bits per heavy atom. The summed E-state index contributed by atoms with van der Waals surface area (Å²) in [7, 11) is 0. The number of unbranched alkanes of at least 4 members (excludes halogenated alkanes) is 1. The first-order chi connectivity index (χ1) is 7.60. The van der Waals surface area contributed by atoms with Gasteiger partial charge in [0.2, 0.25) is 0 Å². The molecule has 0 aromatic rings. The number of carbonyl (C=O) groups is 2. The van der Waals surface area contributed by atoms with Gasteiger partial charge in [-0.1, -0.05) is 33.1 Å². The summed E-state index contributed by atoms with van der Waals surface area (Å²) in [5, 5.41) is 8.31. The zero-order valence-electron chi connectivity index (χ0n) is 10.6. The number of carbonyl (C=O) groups excluding carboxylic acids is 1. The van der Waals surface area contributed by atoms with Crippen LogP contribution in [0.3, 0.4) is 0 Å². The molecule has 0 aliphatic heterocycles. The summed E-state index contributed by atoms with van der Waals surface area (Å²) in [5.74, 6) is -1.35. The minimum absolute atomic E-state index is 0. The van der Waals surface area contributed by atoms with Gasteiger partial charge in [-0.3, -0.25) is 0 Å². The second-order valence-electron chi connectivity index (χ2n) is 3.72. The average Bonchev–Trinajstić information content (AvgIpc) is 2.26. The molecular formula is C12H20O4Zn. The van der Waals surface area contributed by atoms with E-state index in [-0.39, 0.29) is 19.5 Å². The molecule has 0 spiro atoms. The number of ether oxygens (including phenoxy) is 1. The Kier molecular flexibility index (Phi) is 12.9. The van der Waals surface area contributed by atoms with Crippen LogP contribution in [0.15, 0.2) is 12.2 Å². The Bertz CT molecular complexity index is 251. The van der Waals surface area contributed by atoms with Crippen LogP contribution < -0.4 is 0 Å². The summed E-state index contributed by atoms with van der Waals surface area (Å²) in [4.78, 5) is 21.2. The number of aliphatic carboxylic acids is 1. The van der Waals surface area contributed by atoms with Gasteiger partial charge in [-0.15, -0.1) is 0 Å². The maximum absolute atomic E-state index is 11.1. The first kappa shape index (κ1) is 18.7. The molecule has 4 nitrogen and oxygen atoms in total. The fourth-order valence-electron chi connectivity index (χ4n) is 1.29. The zero-order chi connectivity index (χ0) is 12.4. The van der Waals surface area contributed by atoms with Crippen molar-refractivity contribution in [1.82, 2.24) is 0 Å². The summed E-state index contributed by atoms with van der Waals surface area (Å²) in [6, 6.07) is 0. The van der Waals surface area contributed by atoms with Crippen molar-refractivity contribution in [2.75, 3.05) is 6.61 Å². The number of carboxylic acid groups (broad SMARTS) is 1. The SMILES string of the molecule is CCCCC(CC)COC(=O)/C=C\C(=O)O.[Zn]. The van der Waals surface area contributed by atoms with Gasteiger partial charge < -0.3 is 9.84 Å². The number of rotatable bonds is 8. The van der Waals surface area contributed by atoms with Crippen molar-refractivity contribution < 1.29 is 38.9 Å². The maximum Gasteiger partial charge on any atom is 0.331 e. The van der Waals surface area contributed by atoms with E-state index in [1.807, 2.05) is 0 Å². The summed E-state index contributed by atoms with van der Waals surface area (Å²) < 4.78 is 4.95. The smallest absolute Gasteiger partial charge is 0.331 e. The Labute approximate surface area is 115 Å². The molecule has 0 bridgehead atoms. The van der Waals surface area contributed by atoms with E-state index in [9.17, 15) is 9.59 Å². The third-order valence-corrected chi connectivity index (χ3v) is 2.37. The van der Waals surface area contributed by atoms with Crippen molar-refractivity contribution in [1.29, 1.82) is 0 Å². The molecule has 0 heterocycles. The summed E-state index contributed by atoms with van der Waals surface area (Å²) >= 11 is 0. The molecule has 0 aromatic heterocycles. The molecule has 5 heteroatoms. The van der Waals surface area contributed by atoms with Gasteiger partial charge in [-0.25, -0.2) is 9.59 Å². The van der Waals surface area contributed by atoms with Crippen LogP contribution in [0.5, 0.6) is 0 Å². The molecule has 1 atom stereocenters. The second-order valence-corrected chi connectivity index (χ2v) is 3.72. The van der Waals surface area contributed by atoms with Crippen molar-refractivity contribution in [2.45, 2.75) is 39.5 Å². The third kappa shape index (κ3) is 11.6. The topological polar surface area (TPSA) is 63.6 Å². The molecule has 0 fully saturated rings. The van der Waals surface area contributed by atoms with E-state index in [0.29, 0.717) is 12.5 Å². The van der Waals surface area contributed by atoms with Crippen LogP contribution in [0, 0.1) is 5.92 Å². The molecule has 0 radical (unpaired) electrons. The monoisotopic (exact) mass is 292 g/mol. The largest absolute Gasteiger partial charge is 0.478 e. The zero-order valence-corrected chi connectivity index (χ0v) is 13.6. The number of hydrogen-bond acceptors (Lipinski definition) is 3. The Morgan fingerprint density at radius 1 is 1.29 bits per heavy atom. The molecule has 0 amide bonds. The van der Waals surface area contributed by atoms with E-state index >= 15 is 0 Å². The van der Waals surface area contributed by atoms with Gasteiger partial charge in [0.1, 0.15) is 0 Å². The first-order valence-corrected chi connectivity index (χ1v) is 5.67. The van der Waals surface area contributed by atoms with E-state index in [2.05, 4.69) is 13.8 Å². The van der Waals surface area contributed by atoms with Crippen LogP contribution in [0.1, 0.15) is 39.5 Å². The molecular weight excluding hydrogens is 274 g/mol. The molecule has 1 unspecified atom stereocenters. The predicted molar refractivity (Wildman–Crippen MR) is 61.0 cm³/mol. The van der Waals surface area contributed by atoms with Crippen LogP contribution in [-0.2, 0) is 33.8 Å². The molecule has 0 rings (SSSR count). The quantitative estimate of drug-likeness (QED) is 0.424. The van der Waals surface area contributed by atoms with Crippen molar-refractivity contribution in [3.8, 4) is 0 Å². The Morgan fingerprint density at radius 2 is 1.94 bits per heavy atom. The first-order valence-electron chi connectivity index (χ1n) is 5.67. The van der Waals surface area contributed by atoms with E-state index in [1.165, 1.54) is 0 Å². The standard InChI is InChI=1S/C12H20O4.Zn/c1-3-5-6-10(4-2)9-16-12(15)8-7-11(13)14;/h7-8,10H,3-6,9H2,1-2H3,(H,13,14);/b8-7-;.